The summed E-state index contributed by atoms with van der Waals surface area (Å²) in [4.78, 5) is 0. The summed E-state index contributed by atoms with van der Waals surface area (Å²) < 4.78 is 4.99. The van der Waals surface area contributed by atoms with E-state index in [-0.39, 0.29) is 6.04 Å². The number of benzene rings is 1. The largest absolute Gasteiger partial charge is 0.497 e. The number of hydrogen-bond donors (Lipinski definition) is 1. The predicted molar refractivity (Wildman–Crippen MR) is 45.3 cm³/mol. The van der Waals surface area contributed by atoms with Gasteiger partial charge in [-0.1, -0.05) is 12.1 Å². The highest BCUT2D eigenvalue weighted by Crippen LogP contribution is 2.14. The molecule has 1 atom stereocenters. The molecule has 0 fully saturated rings. The predicted octanol–water partition coefficient (Wildman–Crippen LogP) is 1.53. The van der Waals surface area contributed by atoms with Crippen LogP contribution in [0.2, 0.25) is 0 Å². The van der Waals surface area contributed by atoms with Crippen LogP contribution in [0.1, 0.15) is 11.6 Å². The maximum Gasteiger partial charge on any atom is 0.118 e. The minimum Gasteiger partial charge on any atom is -0.497 e. The summed E-state index contributed by atoms with van der Waals surface area (Å²) >= 11 is 0. The van der Waals surface area contributed by atoms with Gasteiger partial charge in [0.05, 0.1) is 7.11 Å². The highest BCUT2D eigenvalue weighted by molar-refractivity contribution is 5.29. The number of methoxy groups -OCH3 is 1. The highest BCUT2D eigenvalue weighted by atomic mass is 16.5. The van der Waals surface area contributed by atoms with Gasteiger partial charge in [-0.15, -0.1) is 0 Å². The van der Waals surface area contributed by atoms with Gasteiger partial charge in [-0.05, 0) is 24.6 Å². The maximum absolute atomic E-state index is 5.55. The molecule has 0 aromatic heterocycles. The standard InChI is InChI=1S/C9H12NO/c1-7(10)8-3-5-9(11-2)6-4-8/h3-7H,1,10H2,2H3. The van der Waals surface area contributed by atoms with Gasteiger partial charge < -0.3 is 10.5 Å². The summed E-state index contributed by atoms with van der Waals surface area (Å²) in [5, 5.41) is 0. The Labute approximate surface area is 67.0 Å². The molecule has 1 radical (unpaired) electrons. The minimum absolute atomic E-state index is 0.152. The molecule has 0 bridgehead atoms. The van der Waals surface area contributed by atoms with Crippen molar-refractivity contribution in [1.29, 1.82) is 0 Å². The maximum atomic E-state index is 5.55. The van der Waals surface area contributed by atoms with Crippen molar-refractivity contribution in [3.05, 3.63) is 36.8 Å². The van der Waals surface area contributed by atoms with Crippen molar-refractivity contribution in [3.63, 3.8) is 0 Å². The topological polar surface area (TPSA) is 35.2 Å². The van der Waals surface area contributed by atoms with E-state index in [2.05, 4.69) is 6.92 Å². The van der Waals surface area contributed by atoms with Crippen LogP contribution in [0.15, 0.2) is 24.3 Å². The first kappa shape index (κ1) is 8.08. The molecule has 0 spiro atoms. The van der Waals surface area contributed by atoms with E-state index in [9.17, 15) is 0 Å². The molecule has 0 saturated carbocycles. The number of nitrogens with two attached hydrogens (primary N) is 1. The zero-order valence-corrected chi connectivity index (χ0v) is 6.58. The minimum atomic E-state index is -0.152. The fraction of sp³-hybridized carbons (Fsp3) is 0.222. The van der Waals surface area contributed by atoms with Gasteiger partial charge in [0.1, 0.15) is 5.75 Å². The molecule has 1 unspecified atom stereocenters. The second-order valence-corrected chi connectivity index (χ2v) is 2.38. The van der Waals surface area contributed by atoms with E-state index in [0.717, 1.165) is 11.3 Å². The Balaban J connectivity index is 2.83. The molecular weight excluding hydrogens is 138 g/mol. The summed E-state index contributed by atoms with van der Waals surface area (Å²) in [6.45, 7) is 3.70. The fourth-order valence-corrected chi connectivity index (χ4v) is 0.851. The lowest BCUT2D eigenvalue weighted by Crippen LogP contribution is -2.04. The quantitative estimate of drug-likeness (QED) is 0.693. The molecule has 2 heteroatoms. The van der Waals surface area contributed by atoms with Gasteiger partial charge in [0.2, 0.25) is 0 Å². The zero-order valence-electron chi connectivity index (χ0n) is 6.58. The van der Waals surface area contributed by atoms with Gasteiger partial charge in [0, 0.05) is 6.04 Å². The lowest BCUT2D eigenvalue weighted by atomic mass is 10.1. The van der Waals surface area contributed by atoms with E-state index in [1.54, 1.807) is 7.11 Å². The fourth-order valence-electron chi connectivity index (χ4n) is 0.851. The Morgan fingerprint density at radius 1 is 1.36 bits per heavy atom. The van der Waals surface area contributed by atoms with E-state index < -0.39 is 0 Å². The van der Waals surface area contributed by atoms with Crippen LogP contribution in [0.4, 0.5) is 0 Å². The molecule has 0 aliphatic rings. The average Bonchev–Trinajstić information content (AvgIpc) is 2.05. The molecule has 1 aromatic carbocycles. The molecule has 2 nitrogen and oxygen atoms in total. The first-order valence-corrected chi connectivity index (χ1v) is 3.46. The summed E-state index contributed by atoms with van der Waals surface area (Å²) in [6, 6.07) is 7.43. The van der Waals surface area contributed by atoms with Crippen molar-refractivity contribution in [3.8, 4) is 5.75 Å². The lowest BCUT2D eigenvalue weighted by molar-refractivity contribution is 0.414. The van der Waals surface area contributed by atoms with Crippen molar-refractivity contribution in [2.45, 2.75) is 6.04 Å². The van der Waals surface area contributed by atoms with Crippen molar-refractivity contribution in [2.24, 2.45) is 5.73 Å². The Hall–Kier alpha value is -1.02. The van der Waals surface area contributed by atoms with E-state index in [1.165, 1.54) is 0 Å². The first-order valence-electron chi connectivity index (χ1n) is 3.46. The highest BCUT2D eigenvalue weighted by Gasteiger charge is 1.97. The third-order valence-electron chi connectivity index (χ3n) is 1.54. The van der Waals surface area contributed by atoms with Gasteiger partial charge in [-0.25, -0.2) is 0 Å². The summed E-state index contributed by atoms with van der Waals surface area (Å²) in [7, 11) is 1.64. The number of ether oxygens (including phenoxy) is 1. The Morgan fingerprint density at radius 3 is 2.27 bits per heavy atom. The summed E-state index contributed by atoms with van der Waals surface area (Å²) in [6.07, 6.45) is 0. The Kier molecular flexibility index (Phi) is 2.49. The van der Waals surface area contributed by atoms with Crippen LogP contribution < -0.4 is 10.5 Å². The van der Waals surface area contributed by atoms with Crippen molar-refractivity contribution in [1.82, 2.24) is 0 Å². The normalized spacial score (nSPS) is 12.6. The zero-order chi connectivity index (χ0) is 8.27. The molecule has 0 aliphatic carbocycles. The van der Waals surface area contributed by atoms with Crippen LogP contribution in [-0.4, -0.2) is 7.11 Å². The van der Waals surface area contributed by atoms with Gasteiger partial charge in [0.25, 0.3) is 0 Å². The van der Waals surface area contributed by atoms with Crippen LogP contribution in [0.3, 0.4) is 0 Å². The third kappa shape index (κ3) is 1.95. The summed E-state index contributed by atoms with van der Waals surface area (Å²) in [5.41, 5.74) is 6.57. The molecule has 0 aliphatic heterocycles. The molecule has 0 amide bonds. The molecule has 59 valence electrons. The van der Waals surface area contributed by atoms with Crippen LogP contribution in [0.25, 0.3) is 0 Å². The molecule has 1 aromatic rings. The van der Waals surface area contributed by atoms with Crippen LogP contribution >= 0.6 is 0 Å². The van der Waals surface area contributed by atoms with Gasteiger partial charge in [0.15, 0.2) is 0 Å². The van der Waals surface area contributed by atoms with Crippen molar-refractivity contribution >= 4 is 0 Å². The second-order valence-electron chi connectivity index (χ2n) is 2.38. The number of hydrogen-bond acceptors (Lipinski definition) is 2. The van der Waals surface area contributed by atoms with Gasteiger partial charge in [-0.3, -0.25) is 0 Å². The van der Waals surface area contributed by atoms with Crippen molar-refractivity contribution < 1.29 is 4.74 Å². The van der Waals surface area contributed by atoms with Crippen LogP contribution in [0.5, 0.6) is 5.75 Å². The van der Waals surface area contributed by atoms with E-state index >= 15 is 0 Å². The molecular formula is C9H12NO. The molecule has 2 N–H and O–H groups in total. The summed E-state index contributed by atoms with van der Waals surface area (Å²) in [5.74, 6) is 0.842. The first-order chi connectivity index (χ1) is 5.24. The Morgan fingerprint density at radius 2 is 1.91 bits per heavy atom. The smallest absolute Gasteiger partial charge is 0.118 e. The van der Waals surface area contributed by atoms with E-state index in [1.807, 2.05) is 24.3 Å². The SMILES string of the molecule is [CH2]C(N)c1ccc(OC)cc1. The van der Waals surface area contributed by atoms with Crippen molar-refractivity contribution in [2.75, 3.05) is 7.11 Å². The van der Waals surface area contributed by atoms with Gasteiger partial charge in [-0.2, -0.15) is 0 Å². The average molecular weight is 150 g/mol. The monoisotopic (exact) mass is 150 g/mol. The Bertz CT molecular complexity index is 216. The molecule has 0 saturated heterocycles. The molecule has 11 heavy (non-hydrogen) atoms. The third-order valence-corrected chi connectivity index (χ3v) is 1.54. The second kappa shape index (κ2) is 3.39. The number of rotatable bonds is 2. The van der Waals surface area contributed by atoms with Gasteiger partial charge >= 0.3 is 0 Å². The van der Waals surface area contributed by atoms with Crippen LogP contribution in [-0.2, 0) is 0 Å². The van der Waals surface area contributed by atoms with E-state index in [0.29, 0.717) is 0 Å². The molecule has 1 rings (SSSR count). The molecule has 0 heterocycles. The van der Waals surface area contributed by atoms with E-state index in [4.69, 9.17) is 10.5 Å². The van der Waals surface area contributed by atoms with Crippen LogP contribution in [0, 0.1) is 6.92 Å². The lowest BCUT2D eigenvalue weighted by Gasteiger charge is -2.05.